The summed E-state index contributed by atoms with van der Waals surface area (Å²) in [5.74, 6) is 0.444. The average molecular weight is 629 g/mol. The van der Waals surface area contributed by atoms with Crippen LogP contribution in [-0.4, -0.2) is 24.5 Å². The van der Waals surface area contributed by atoms with E-state index < -0.39 is 30.2 Å². The Morgan fingerprint density at radius 2 is 1.30 bits per heavy atom. The van der Waals surface area contributed by atoms with Crippen molar-refractivity contribution >= 4 is 65.3 Å². The zero-order valence-corrected chi connectivity index (χ0v) is 25.1. The highest BCUT2D eigenvalue weighted by Gasteiger charge is 2.20. The van der Waals surface area contributed by atoms with E-state index in [1.165, 1.54) is 11.3 Å². The lowest BCUT2D eigenvalue weighted by molar-refractivity contribution is 0.669. The molecule has 0 saturated carbocycles. The van der Waals surface area contributed by atoms with Crippen molar-refractivity contribution in [2.24, 2.45) is 0 Å². The highest BCUT2D eigenvalue weighted by atomic mass is 32.1. The second kappa shape index (κ2) is 10.2. The van der Waals surface area contributed by atoms with Crippen molar-refractivity contribution in [2.75, 3.05) is 0 Å². The molecule has 6 aromatic carbocycles. The van der Waals surface area contributed by atoms with Crippen molar-refractivity contribution in [2.45, 2.75) is 0 Å². The van der Waals surface area contributed by atoms with Gasteiger partial charge in [-0.15, -0.1) is 11.3 Å². The first-order valence-electron chi connectivity index (χ1n) is 18.3. The molecular weight excluding hydrogens is 599 g/mol. The highest BCUT2D eigenvalue weighted by molar-refractivity contribution is 7.22. The summed E-state index contributed by atoms with van der Waals surface area (Å²) < 4.78 is 69.9. The van der Waals surface area contributed by atoms with Gasteiger partial charge in [0.2, 0.25) is 5.95 Å². The Labute approximate surface area is 282 Å². The SMILES string of the molecule is [2H]c1c([2H])c([2H])c2c(oc3c([2H])c(-c4nc(-c5cccc6nc(-c7ccccc7)sc56)nc(-n5c6ccccc6c6ccccc65)n4)c([2H])c([2H])c32)c1[2H]. The Balaban J connectivity index is 1.30. The number of aromatic nitrogens is 5. The zero-order chi connectivity index (χ0) is 37.0. The molecule has 0 fully saturated rings. The predicted octanol–water partition coefficient (Wildman–Crippen LogP) is 10.5. The zero-order valence-electron chi connectivity index (χ0n) is 31.3. The van der Waals surface area contributed by atoms with Crippen LogP contribution in [0, 0.1) is 0 Å². The molecule has 0 amide bonds. The van der Waals surface area contributed by atoms with E-state index in [-0.39, 0.29) is 57.2 Å². The summed E-state index contributed by atoms with van der Waals surface area (Å²) in [5.41, 5.74) is 3.58. The Hall–Kier alpha value is -6.18. The fraction of sp³-hybridized carbons (Fsp3) is 0. The molecule has 7 heteroatoms. The monoisotopic (exact) mass is 628 g/mol. The summed E-state index contributed by atoms with van der Waals surface area (Å²) in [4.78, 5) is 19.8. The van der Waals surface area contributed by atoms with E-state index in [2.05, 4.69) is 0 Å². The third kappa shape index (κ3) is 4.10. The number of fused-ring (bicyclic) bond motifs is 7. The van der Waals surface area contributed by atoms with Gasteiger partial charge in [-0.05, 0) is 42.4 Å². The standard InChI is InChI=1S/C40H23N5OS/c1-2-11-24(12-3-1)39-41-31-17-10-16-30(36(31)47-39)38-42-37(25-21-22-29-28-15-6-9-20-34(28)46-35(29)23-25)43-40(44-38)45-32-18-7-4-13-26(32)27-14-5-8-19-33(27)45/h1-23H/i6D,9D,15D,20D,21D,22D,23D. The number of para-hydroxylation sites is 3. The van der Waals surface area contributed by atoms with Crippen LogP contribution in [0.3, 0.4) is 0 Å². The first-order chi connectivity index (χ1) is 26.2. The normalized spacial score (nSPS) is 13.9. The highest BCUT2D eigenvalue weighted by Crippen LogP contribution is 2.38. The summed E-state index contributed by atoms with van der Waals surface area (Å²) in [7, 11) is 0. The topological polar surface area (TPSA) is 69.6 Å². The van der Waals surface area contributed by atoms with Crippen LogP contribution in [0.4, 0.5) is 0 Å². The molecular formula is C40H23N5OS. The molecule has 10 aromatic rings. The van der Waals surface area contributed by atoms with Gasteiger partial charge in [0.25, 0.3) is 0 Å². The number of hydrogen-bond acceptors (Lipinski definition) is 6. The molecule has 220 valence electrons. The fourth-order valence-electron chi connectivity index (χ4n) is 6.07. The Morgan fingerprint density at radius 3 is 2.13 bits per heavy atom. The van der Waals surface area contributed by atoms with Gasteiger partial charge in [-0.3, -0.25) is 4.57 Å². The van der Waals surface area contributed by atoms with Crippen LogP contribution in [0.1, 0.15) is 9.60 Å². The van der Waals surface area contributed by atoms with Gasteiger partial charge in [0.15, 0.2) is 11.6 Å². The van der Waals surface area contributed by atoms with Crippen molar-refractivity contribution < 1.29 is 14.0 Å². The minimum absolute atomic E-state index is 0.0458. The minimum atomic E-state index is -0.499. The van der Waals surface area contributed by atoms with Gasteiger partial charge in [0, 0.05) is 38.2 Å². The van der Waals surface area contributed by atoms with E-state index in [0.29, 0.717) is 5.56 Å². The molecule has 4 heterocycles. The predicted molar refractivity (Wildman–Crippen MR) is 191 cm³/mol. The van der Waals surface area contributed by atoms with Gasteiger partial charge < -0.3 is 4.42 Å². The summed E-state index contributed by atoms with van der Waals surface area (Å²) in [6.07, 6.45) is 0. The van der Waals surface area contributed by atoms with Crippen molar-refractivity contribution in [3.63, 3.8) is 0 Å². The molecule has 10 rings (SSSR count). The van der Waals surface area contributed by atoms with Crippen molar-refractivity contribution in [3.8, 4) is 39.3 Å². The lowest BCUT2D eigenvalue weighted by Crippen LogP contribution is -2.06. The lowest BCUT2D eigenvalue weighted by Gasteiger charge is -2.11. The van der Waals surface area contributed by atoms with Gasteiger partial charge >= 0.3 is 0 Å². The van der Waals surface area contributed by atoms with Crippen molar-refractivity contribution in [3.05, 3.63) is 139 Å². The van der Waals surface area contributed by atoms with Gasteiger partial charge in [-0.1, -0.05) is 97.0 Å². The molecule has 0 unspecified atom stereocenters. The smallest absolute Gasteiger partial charge is 0.238 e. The Morgan fingerprint density at radius 1 is 0.574 bits per heavy atom. The summed E-state index contributed by atoms with van der Waals surface area (Å²) in [6, 6.07) is 28.4. The quantitative estimate of drug-likeness (QED) is 0.194. The van der Waals surface area contributed by atoms with Crippen LogP contribution in [-0.2, 0) is 0 Å². The number of nitrogens with zero attached hydrogens (tertiary/aromatic N) is 5. The molecule has 0 aliphatic carbocycles. The molecule has 0 aliphatic heterocycles. The number of thiazole rings is 1. The third-order valence-electron chi connectivity index (χ3n) is 8.19. The maximum absolute atomic E-state index is 9.38. The second-order valence-electron chi connectivity index (χ2n) is 11.0. The summed E-state index contributed by atoms with van der Waals surface area (Å²) in [5, 5.41) is 2.68. The van der Waals surface area contributed by atoms with E-state index in [0.717, 1.165) is 42.6 Å². The average Bonchev–Trinajstić information content (AvgIpc) is 3.92. The molecule has 0 spiro atoms. The van der Waals surface area contributed by atoms with Gasteiger partial charge in [0.1, 0.15) is 16.2 Å². The molecule has 6 nitrogen and oxygen atoms in total. The van der Waals surface area contributed by atoms with Gasteiger partial charge in [-0.2, -0.15) is 9.97 Å². The third-order valence-corrected chi connectivity index (χ3v) is 9.34. The van der Waals surface area contributed by atoms with Crippen LogP contribution in [0.15, 0.2) is 144 Å². The first kappa shape index (κ1) is 20.0. The number of furan rings is 1. The van der Waals surface area contributed by atoms with Crippen LogP contribution >= 0.6 is 11.3 Å². The van der Waals surface area contributed by atoms with Crippen LogP contribution in [0.25, 0.3) is 93.3 Å². The maximum Gasteiger partial charge on any atom is 0.238 e. The molecule has 0 saturated heterocycles. The van der Waals surface area contributed by atoms with E-state index in [9.17, 15) is 2.74 Å². The van der Waals surface area contributed by atoms with Crippen molar-refractivity contribution in [1.29, 1.82) is 0 Å². The van der Waals surface area contributed by atoms with E-state index in [1.807, 2.05) is 102 Å². The Kier molecular flexibility index (Phi) is 4.34. The van der Waals surface area contributed by atoms with Gasteiger partial charge in [-0.25, -0.2) is 9.97 Å². The van der Waals surface area contributed by atoms with E-state index in [4.69, 9.17) is 31.2 Å². The van der Waals surface area contributed by atoms with Crippen LogP contribution in [0.2, 0.25) is 0 Å². The number of rotatable bonds is 4. The van der Waals surface area contributed by atoms with Crippen LogP contribution < -0.4 is 0 Å². The largest absolute Gasteiger partial charge is 0.456 e. The second-order valence-corrected chi connectivity index (χ2v) is 12.0. The molecule has 0 bridgehead atoms. The molecule has 0 atom stereocenters. The molecule has 0 aliphatic rings. The van der Waals surface area contributed by atoms with Crippen LogP contribution in [0.5, 0.6) is 0 Å². The molecule has 0 radical (unpaired) electrons. The summed E-state index contributed by atoms with van der Waals surface area (Å²) in [6.45, 7) is 0. The number of benzene rings is 6. The molecule has 4 aromatic heterocycles. The number of hydrogen-bond donors (Lipinski definition) is 0. The first-order valence-corrected chi connectivity index (χ1v) is 15.7. The van der Waals surface area contributed by atoms with E-state index in [1.54, 1.807) is 0 Å². The Bertz CT molecular complexity index is 3160. The fourth-order valence-corrected chi connectivity index (χ4v) is 7.15. The summed E-state index contributed by atoms with van der Waals surface area (Å²) >= 11 is 1.50. The lowest BCUT2D eigenvalue weighted by atomic mass is 10.1. The van der Waals surface area contributed by atoms with Crippen molar-refractivity contribution in [1.82, 2.24) is 24.5 Å². The van der Waals surface area contributed by atoms with E-state index >= 15 is 0 Å². The molecule has 0 N–H and O–H groups in total. The molecule has 47 heavy (non-hydrogen) atoms. The maximum atomic E-state index is 9.38. The minimum Gasteiger partial charge on any atom is -0.456 e. The van der Waals surface area contributed by atoms with Gasteiger partial charge in [0.05, 0.1) is 30.8 Å².